The van der Waals surface area contributed by atoms with Crippen LogP contribution >= 0.6 is 0 Å². The van der Waals surface area contributed by atoms with Crippen molar-refractivity contribution in [3.63, 3.8) is 0 Å². The SMILES string of the molecule is CC(C)(Cc1ccccc1)NC(=O)NC1CCCCC1. The maximum Gasteiger partial charge on any atom is 0.315 e. The molecule has 110 valence electrons. The summed E-state index contributed by atoms with van der Waals surface area (Å²) in [5.74, 6) is 0. The van der Waals surface area contributed by atoms with Crippen molar-refractivity contribution in [2.24, 2.45) is 0 Å². The number of carbonyl (C=O) groups is 1. The van der Waals surface area contributed by atoms with E-state index in [1.54, 1.807) is 0 Å². The van der Waals surface area contributed by atoms with Gasteiger partial charge in [0.1, 0.15) is 0 Å². The van der Waals surface area contributed by atoms with Crippen LogP contribution in [0.1, 0.15) is 51.5 Å². The number of amides is 2. The van der Waals surface area contributed by atoms with Gasteiger partial charge in [-0.3, -0.25) is 0 Å². The molecule has 3 heteroatoms. The first-order valence-electron chi connectivity index (χ1n) is 7.68. The molecule has 0 saturated heterocycles. The van der Waals surface area contributed by atoms with Gasteiger partial charge in [-0.05, 0) is 38.7 Å². The number of carbonyl (C=O) groups excluding carboxylic acids is 1. The quantitative estimate of drug-likeness (QED) is 0.864. The summed E-state index contributed by atoms with van der Waals surface area (Å²) in [6, 6.07) is 10.6. The standard InChI is InChI=1S/C17H26N2O/c1-17(2,13-14-9-5-3-6-10-14)19-16(20)18-15-11-7-4-8-12-15/h3,5-6,9-10,15H,4,7-8,11-13H2,1-2H3,(H2,18,19,20). The van der Waals surface area contributed by atoms with Crippen LogP contribution in [0.25, 0.3) is 0 Å². The first kappa shape index (κ1) is 14.9. The maximum absolute atomic E-state index is 12.1. The molecule has 0 radical (unpaired) electrons. The molecule has 0 atom stereocenters. The lowest BCUT2D eigenvalue weighted by molar-refractivity contribution is 0.221. The predicted molar refractivity (Wildman–Crippen MR) is 82.8 cm³/mol. The van der Waals surface area contributed by atoms with Crippen LogP contribution < -0.4 is 10.6 Å². The second-order valence-electron chi connectivity index (χ2n) is 6.48. The van der Waals surface area contributed by atoms with Crippen molar-refractivity contribution in [2.75, 3.05) is 0 Å². The van der Waals surface area contributed by atoms with Crippen molar-refractivity contribution in [2.45, 2.75) is 64.0 Å². The second kappa shape index (κ2) is 6.78. The molecule has 0 bridgehead atoms. The van der Waals surface area contributed by atoms with Crippen LogP contribution in [0.4, 0.5) is 4.79 Å². The van der Waals surface area contributed by atoms with Gasteiger partial charge in [0, 0.05) is 11.6 Å². The molecule has 20 heavy (non-hydrogen) atoms. The molecule has 2 amide bonds. The van der Waals surface area contributed by atoms with E-state index in [-0.39, 0.29) is 11.6 Å². The zero-order valence-electron chi connectivity index (χ0n) is 12.6. The number of benzene rings is 1. The molecular weight excluding hydrogens is 248 g/mol. The molecule has 0 aliphatic heterocycles. The molecular formula is C17H26N2O. The van der Waals surface area contributed by atoms with Crippen LogP contribution in [0.2, 0.25) is 0 Å². The highest BCUT2D eigenvalue weighted by Gasteiger charge is 2.23. The normalized spacial score (nSPS) is 16.7. The minimum Gasteiger partial charge on any atom is -0.335 e. The van der Waals surface area contributed by atoms with E-state index in [0.29, 0.717) is 6.04 Å². The highest BCUT2D eigenvalue weighted by Crippen LogP contribution is 2.17. The van der Waals surface area contributed by atoms with Gasteiger partial charge in [-0.15, -0.1) is 0 Å². The summed E-state index contributed by atoms with van der Waals surface area (Å²) in [4.78, 5) is 12.1. The Morgan fingerprint density at radius 3 is 2.45 bits per heavy atom. The average molecular weight is 274 g/mol. The Bertz CT molecular complexity index is 422. The van der Waals surface area contributed by atoms with E-state index in [1.165, 1.54) is 24.8 Å². The molecule has 0 spiro atoms. The highest BCUT2D eigenvalue weighted by atomic mass is 16.2. The zero-order valence-corrected chi connectivity index (χ0v) is 12.6. The molecule has 1 fully saturated rings. The Hall–Kier alpha value is -1.51. The number of urea groups is 1. The molecule has 2 rings (SSSR count). The largest absolute Gasteiger partial charge is 0.335 e. The Morgan fingerprint density at radius 2 is 1.80 bits per heavy atom. The van der Waals surface area contributed by atoms with Gasteiger partial charge >= 0.3 is 6.03 Å². The Morgan fingerprint density at radius 1 is 1.15 bits per heavy atom. The monoisotopic (exact) mass is 274 g/mol. The van der Waals surface area contributed by atoms with Crippen molar-refractivity contribution < 1.29 is 4.79 Å². The van der Waals surface area contributed by atoms with Crippen molar-refractivity contribution in [3.05, 3.63) is 35.9 Å². The molecule has 1 aliphatic rings. The minimum absolute atomic E-state index is 0.0298. The number of hydrogen-bond donors (Lipinski definition) is 2. The van der Waals surface area contributed by atoms with E-state index in [0.717, 1.165) is 19.3 Å². The van der Waals surface area contributed by atoms with Gasteiger partial charge in [0.2, 0.25) is 0 Å². The van der Waals surface area contributed by atoms with Crippen LogP contribution in [-0.2, 0) is 6.42 Å². The summed E-state index contributed by atoms with van der Waals surface area (Å²) in [6.45, 7) is 4.14. The zero-order chi connectivity index (χ0) is 14.4. The van der Waals surface area contributed by atoms with Crippen molar-refractivity contribution >= 4 is 6.03 Å². The smallest absolute Gasteiger partial charge is 0.315 e. The van der Waals surface area contributed by atoms with Gasteiger partial charge in [0.15, 0.2) is 0 Å². The third-order valence-electron chi connectivity index (χ3n) is 3.88. The van der Waals surface area contributed by atoms with Crippen molar-refractivity contribution in [3.8, 4) is 0 Å². The van der Waals surface area contributed by atoms with Gasteiger partial charge in [-0.25, -0.2) is 4.79 Å². The average Bonchev–Trinajstić information content (AvgIpc) is 2.39. The van der Waals surface area contributed by atoms with Crippen LogP contribution in [0, 0.1) is 0 Å². The predicted octanol–water partition coefficient (Wildman–Crippen LogP) is 3.64. The lowest BCUT2D eigenvalue weighted by atomic mass is 9.94. The molecule has 2 N–H and O–H groups in total. The van der Waals surface area contributed by atoms with Gasteiger partial charge in [0.25, 0.3) is 0 Å². The van der Waals surface area contributed by atoms with Crippen LogP contribution in [0.15, 0.2) is 30.3 Å². The Kier molecular flexibility index (Phi) is 5.05. The van der Waals surface area contributed by atoms with Crippen LogP contribution in [-0.4, -0.2) is 17.6 Å². The Balaban J connectivity index is 1.82. The molecule has 1 saturated carbocycles. The van der Waals surface area contributed by atoms with E-state index in [2.05, 4.69) is 36.6 Å². The van der Waals surface area contributed by atoms with Crippen molar-refractivity contribution in [1.29, 1.82) is 0 Å². The molecule has 1 aliphatic carbocycles. The molecule has 1 aromatic rings. The minimum atomic E-state index is -0.236. The Labute approximate surface area is 122 Å². The fourth-order valence-corrected chi connectivity index (χ4v) is 2.93. The molecule has 0 unspecified atom stereocenters. The molecule has 0 aromatic heterocycles. The lowest BCUT2D eigenvalue weighted by Gasteiger charge is -2.29. The first-order valence-corrected chi connectivity index (χ1v) is 7.68. The van der Waals surface area contributed by atoms with Crippen LogP contribution in [0.5, 0.6) is 0 Å². The van der Waals surface area contributed by atoms with Crippen molar-refractivity contribution in [1.82, 2.24) is 10.6 Å². The summed E-state index contributed by atoms with van der Waals surface area (Å²) in [5.41, 5.74) is 1.01. The third kappa shape index (κ3) is 4.87. The second-order valence-corrected chi connectivity index (χ2v) is 6.48. The molecule has 0 heterocycles. The van der Waals surface area contributed by atoms with E-state index < -0.39 is 0 Å². The molecule has 3 nitrogen and oxygen atoms in total. The highest BCUT2D eigenvalue weighted by molar-refractivity contribution is 5.75. The summed E-state index contributed by atoms with van der Waals surface area (Å²) < 4.78 is 0. The fourth-order valence-electron chi connectivity index (χ4n) is 2.93. The van der Waals surface area contributed by atoms with Gasteiger partial charge in [0.05, 0.1) is 0 Å². The third-order valence-corrected chi connectivity index (χ3v) is 3.88. The maximum atomic E-state index is 12.1. The topological polar surface area (TPSA) is 41.1 Å². The summed E-state index contributed by atoms with van der Waals surface area (Å²) in [5, 5.41) is 6.21. The van der Waals surface area contributed by atoms with E-state index >= 15 is 0 Å². The lowest BCUT2D eigenvalue weighted by Crippen LogP contribution is -2.52. The summed E-state index contributed by atoms with van der Waals surface area (Å²) in [7, 11) is 0. The fraction of sp³-hybridized carbons (Fsp3) is 0.588. The van der Waals surface area contributed by atoms with Gasteiger partial charge in [-0.2, -0.15) is 0 Å². The van der Waals surface area contributed by atoms with E-state index in [1.807, 2.05) is 18.2 Å². The summed E-state index contributed by atoms with van der Waals surface area (Å²) >= 11 is 0. The molecule has 1 aromatic carbocycles. The number of nitrogens with one attached hydrogen (secondary N) is 2. The van der Waals surface area contributed by atoms with Crippen LogP contribution in [0.3, 0.4) is 0 Å². The van der Waals surface area contributed by atoms with E-state index in [9.17, 15) is 4.79 Å². The first-order chi connectivity index (χ1) is 9.55. The van der Waals surface area contributed by atoms with Gasteiger partial charge < -0.3 is 10.6 Å². The van der Waals surface area contributed by atoms with E-state index in [4.69, 9.17) is 0 Å². The summed E-state index contributed by atoms with van der Waals surface area (Å²) in [6.07, 6.45) is 6.85. The van der Waals surface area contributed by atoms with Gasteiger partial charge in [-0.1, -0.05) is 49.6 Å². The number of hydrogen-bond acceptors (Lipinski definition) is 1. The number of rotatable bonds is 4.